The van der Waals surface area contributed by atoms with Gasteiger partial charge in [-0.2, -0.15) is 0 Å². The number of hydrogen-bond donors (Lipinski definition) is 1. The summed E-state index contributed by atoms with van der Waals surface area (Å²) in [7, 11) is 0. The van der Waals surface area contributed by atoms with Crippen LogP contribution in [-0.4, -0.2) is 65.9 Å². The summed E-state index contributed by atoms with van der Waals surface area (Å²) in [6.45, 7) is 8.78. The zero-order valence-electron chi connectivity index (χ0n) is 18.2. The Bertz CT molecular complexity index is 862. The van der Waals surface area contributed by atoms with Crippen LogP contribution in [0.5, 0.6) is 0 Å². The summed E-state index contributed by atoms with van der Waals surface area (Å²) in [5.74, 6) is -0.273. The highest BCUT2D eigenvalue weighted by Gasteiger charge is 2.55. The fraction of sp³-hybridized carbons (Fsp3) is 0.609. The first-order valence-corrected chi connectivity index (χ1v) is 11.1. The summed E-state index contributed by atoms with van der Waals surface area (Å²) >= 11 is 0. The molecule has 4 rings (SSSR count). The normalized spacial score (nSPS) is 27.0. The average molecular weight is 413 g/mol. The molecule has 1 aliphatic carbocycles. The Morgan fingerprint density at radius 2 is 1.87 bits per heavy atom. The summed E-state index contributed by atoms with van der Waals surface area (Å²) < 4.78 is 0. The summed E-state index contributed by atoms with van der Waals surface area (Å²) in [5, 5.41) is 2.93. The highest BCUT2D eigenvalue weighted by molar-refractivity contribution is 6.09. The van der Waals surface area contributed by atoms with E-state index in [2.05, 4.69) is 42.3 Å². The molecular formula is C23H32N4O3. The van der Waals surface area contributed by atoms with Gasteiger partial charge in [0.15, 0.2) is 0 Å². The number of benzene rings is 1. The van der Waals surface area contributed by atoms with Crippen LogP contribution in [0.25, 0.3) is 0 Å². The number of carbonyl (C=O) groups is 3. The molecule has 7 heteroatoms. The highest BCUT2D eigenvalue weighted by atomic mass is 16.2. The number of rotatable bonds is 3. The third-order valence-electron chi connectivity index (χ3n) is 7.34. The maximum Gasteiger partial charge on any atom is 0.325 e. The van der Waals surface area contributed by atoms with Crippen molar-refractivity contribution in [1.82, 2.24) is 15.1 Å². The van der Waals surface area contributed by atoms with Crippen LogP contribution in [0.15, 0.2) is 18.2 Å². The maximum absolute atomic E-state index is 13.1. The zero-order valence-corrected chi connectivity index (χ0v) is 18.2. The van der Waals surface area contributed by atoms with E-state index in [9.17, 15) is 14.4 Å². The van der Waals surface area contributed by atoms with Crippen molar-refractivity contribution in [3.63, 3.8) is 0 Å². The molecule has 2 saturated heterocycles. The molecule has 3 fully saturated rings. The molecule has 1 aromatic carbocycles. The first-order chi connectivity index (χ1) is 14.3. The van der Waals surface area contributed by atoms with Crippen LogP contribution in [0.2, 0.25) is 0 Å². The number of carbonyl (C=O) groups excluding carboxylic acids is 3. The van der Waals surface area contributed by atoms with Gasteiger partial charge in [0.1, 0.15) is 12.1 Å². The van der Waals surface area contributed by atoms with Crippen LogP contribution in [-0.2, 0) is 9.59 Å². The van der Waals surface area contributed by atoms with E-state index in [1.165, 1.54) is 16.8 Å². The highest BCUT2D eigenvalue weighted by Crippen LogP contribution is 2.38. The third kappa shape index (κ3) is 3.44. The van der Waals surface area contributed by atoms with Crippen molar-refractivity contribution in [3.8, 4) is 0 Å². The van der Waals surface area contributed by atoms with Crippen LogP contribution in [0.4, 0.5) is 10.5 Å². The van der Waals surface area contributed by atoms with Gasteiger partial charge in [0.05, 0.1) is 0 Å². The van der Waals surface area contributed by atoms with Crippen LogP contribution in [0, 0.1) is 19.8 Å². The monoisotopic (exact) mass is 412 g/mol. The average Bonchev–Trinajstić information content (AvgIpc) is 2.97. The van der Waals surface area contributed by atoms with Gasteiger partial charge in [0.2, 0.25) is 5.91 Å². The van der Waals surface area contributed by atoms with E-state index in [4.69, 9.17) is 0 Å². The molecule has 0 radical (unpaired) electrons. The predicted molar refractivity (Wildman–Crippen MR) is 115 cm³/mol. The molecule has 2 atom stereocenters. The van der Waals surface area contributed by atoms with Crippen molar-refractivity contribution < 1.29 is 14.4 Å². The molecule has 0 bridgehead atoms. The second kappa shape index (κ2) is 7.93. The predicted octanol–water partition coefficient (Wildman–Crippen LogP) is 2.45. The molecule has 0 aromatic heterocycles. The molecule has 162 valence electrons. The van der Waals surface area contributed by atoms with Crippen LogP contribution in [0.3, 0.4) is 0 Å². The van der Waals surface area contributed by atoms with Gasteiger partial charge in [-0.05, 0) is 49.8 Å². The minimum atomic E-state index is -0.809. The smallest absolute Gasteiger partial charge is 0.325 e. The number of nitrogens with one attached hydrogen (secondary N) is 1. The van der Waals surface area contributed by atoms with Crippen molar-refractivity contribution in [2.24, 2.45) is 5.92 Å². The SMILES string of the molecule is Cc1cccc(N2CCN(C(=O)CN3C(=O)NC4(CCCCC4C)C3=O)CC2)c1C. The van der Waals surface area contributed by atoms with E-state index in [0.29, 0.717) is 19.5 Å². The molecule has 3 aliphatic rings. The standard InChI is InChI=1S/C23H32N4O3/c1-16-7-6-9-19(18(16)3)25-11-13-26(14-12-25)20(28)15-27-21(29)23(24-22(27)30)10-5-4-8-17(23)2/h6-7,9,17H,4-5,8,10-15H2,1-3H3,(H,24,30). The van der Waals surface area contributed by atoms with E-state index in [0.717, 1.165) is 37.3 Å². The second-order valence-electron chi connectivity index (χ2n) is 9.03. The maximum atomic E-state index is 13.1. The van der Waals surface area contributed by atoms with Crippen LogP contribution in [0.1, 0.15) is 43.7 Å². The van der Waals surface area contributed by atoms with E-state index < -0.39 is 11.6 Å². The number of amides is 4. The van der Waals surface area contributed by atoms with Crippen molar-refractivity contribution in [2.45, 2.75) is 52.0 Å². The number of anilines is 1. The molecule has 1 N–H and O–H groups in total. The summed E-state index contributed by atoms with van der Waals surface area (Å²) in [4.78, 5) is 43.8. The van der Waals surface area contributed by atoms with Gasteiger partial charge in [0, 0.05) is 31.9 Å². The van der Waals surface area contributed by atoms with Gasteiger partial charge in [0.25, 0.3) is 5.91 Å². The van der Waals surface area contributed by atoms with Gasteiger partial charge in [-0.25, -0.2) is 4.79 Å². The van der Waals surface area contributed by atoms with Gasteiger partial charge in [-0.1, -0.05) is 31.9 Å². The first kappa shape index (κ1) is 20.7. The molecule has 2 unspecified atom stereocenters. The molecule has 2 heterocycles. The first-order valence-electron chi connectivity index (χ1n) is 11.1. The number of imide groups is 1. The Labute approximate surface area is 178 Å². The molecule has 1 aromatic rings. The summed E-state index contributed by atoms with van der Waals surface area (Å²) in [6.07, 6.45) is 3.60. The Hall–Kier alpha value is -2.57. The van der Waals surface area contributed by atoms with Crippen molar-refractivity contribution in [3.05, 3.63) is 29.3 Å². The minimum absolute atomic E-state index is 0.101. The molecule has 7 nitrogen and oxygen atoms in total. The van der Waals surface area contributed by atoms with E-state index in [-0.39, 0.29) is 24.3 Å². The lowest BCUT2D eigenvalue weighted by Gasteiger charge is -2.38. The molecular weight excluding hydrogens is 380 g/mol. The fourth-order valence-electron chi connectivity index (χ4n) is 5.15. The molecule has 30 heavy (non-hydrogen) atoms. The van der Waals surface area contributed by atoms with Crippen LogP contribution < -0.4 is 10.2 Å². The van der Waals surface area contributed by atoms with Gasteiger partial charge >= 0.3 is 6.03 Å². The van der Waals surface area contributed by atoms with Gasteiger partial charge in [-0.3, -0.25) is 14.5 Å². The summed E-state index contributed by atoms with van der Waals surface area (Å²) in [6, 6.07) is 5.87. The number of urea groups is 1. The van der Waals surface area contributed by atoms with Crippen molar-refractivity contribution in [1.29, 1.82) is 0 Å². The largest absolute Gasteiger partial charge is 0.368 e. The quantitative estimate of drug-likeness (QED) is 0.774. The number of piperazine rings is 1. The van der Waals surface area contributed by atoms with E-state index >= 15 is 0 Å². The second-order valence-corrected chi connectivity index (χ2v) is 9.03. The topological polar surface area (TPSA) is 73.0 Å². The third-order valence-corrected chi connectivity index (χ3v) is 7.34. The number of aryl methyl sites for hydroxylation is 1. The molecule has 1 spiro atoms. The lowest BCUT2D eigenvalue weighted by Crippen LogP contribution is -2.55. The minimum Gasteiger partial charge on any atom is -0.368 e. The fourth-order valence-corrected chi connectivity index (χ4v) is 5.15. The van der Waals surface area contributed by atoms with E-state index in [1.807, 2.05) is 6.92 Å². The molecule has 1 saturated carbocycles. The lowest BCUT2D eigenvalue weighted by atomic mass is 9.73. The van der Waals surface area contributed by atoms with Crippen molar-refractivity contribution in [2.75, 3.05) is 37.6 Å². The van der Waals surface area contributed by atoms with E-state index in [1.54, 1.807) is 4.90 Å². The number of nitrogens with zero attached hydrogens (tertiary/aromatic N) is 3. The zero-order chi connectivity index (χ0) is 21.5. The molecule has 2 aliphatic heterocycles. The number of hydrogen-bond acceptors (Lipinski definition) is 4. The molecule has 4 amide bonds. The Kier molecular flexibility index (Phi) is 5.47. The van der Waals surface area contributed by atoms with Gasteiger partial charge in [-0.15, -0.1) is 0 Å². The van der Waals surface area contributed by atoms with Gasteiger partial charge < -0.3 is 15.1 Å². The Balaban J connectivity index is 1.38. The Morgan fingerprint density at radius 1 is 1.13 bits per heavy atom. The van der Waals surface area contributed by atoms with Crippen LogP contribution >= 0.6 is 0 Å². The Morgan fingerprint density at radius 3 is 2.57 bits per heavy atom. The lowest BCUT2D eigenvalue weighted by molar-refractivity contribution is -0.140. The summed E-state index contributed by atoms with van der Waals surface area (Å²) in [5.41, 5.74) is 2.93. The van der Waals surface area contributed by atoms with Crippen molar-refractivity contribution >= 4 is 23.5 Å².